The molecular formula is C20H16ClFN4O3S2. The number of likely N-dealkylation sites (N-methyl/N-ethyl adjacent to an activating group) is 1. The minimum atomic E-state index is -3.88. The molecule has 0 bridgehead atoms. The molecule has 0 fully saturated rings. The third kappa shape index (κ3) is 4.33. The van der Waals surface area contributed by atoms with Gasteiger partial charge in [0.05, 0.1) is 11.4 Å². The first kappa shape index (κ1) is 21.4. The number of anilines is 1. The van der Waals surface area contributed by atoms with Crippen LogP contribution in [0.5, 0.6) is 0 Å². The number of nitrogens with one attached hydrogen (secondary N) is 1. The van der Waals surface area contributed by atoms with Gasteiger partial charge < -0.3 is 5.32 Å². The molecule has 2 heterocycles. The fourth-order valence-corrected chi connectivity index (χ4v) is 4.93. The standard InChI is InChI=1S/C20H16ClFN4O3S2/c1-25(31(28,29)16-8-4-14(21)5-9-16)12-17(27)23-19-18(13-2-6-15(22)7-3-13)24-20-26(19)10-11-30-20/h2-11H,12H2,1H3,(H,23,27). The van der Waals surface area contributed by atoms with Crippen LogP contribution in [0.15, 0.2) is 65.0 Å². The molecule has 0 aliphatic heterocycles. The molecule has 7 nitrogen and oxygen atoms in total. The summed E-state index contributed by atoms with van der Waals surface area (Å²) in [4.78, 5) is 17.9. The van der Waals surface area contributed by atoms with E-state index in [1.54, 1.807) is 22.7 Å². The van der Waals surface area contributed by atoms with Crippen LogP contribution < -0.4 is 5.32 Å². The van der Waals surface area contributed by atoms with Gasteiger partial charge in [-0.1, -0.05) is 11.6 Å². The zero-order valence-corrected chi connectivity index (χ0v) is 18.5. The average molecular weight is 479 g/mol. The Morgan fingerprint density at radius 3 is 2.55 bits per heavy atom. The maximum Gasteiger partial charge on any atom is 0.243 e. The number of rotatable bonds is 6. The van der Waals surface area contributed by atoms with E-state index in [4.69, 9.17) is 11.6 Å². The second-order valence-electron chi connectivity index (χ2n) is 6.63. The van der Waals surface area contributed by atoms with Crippen LogP contribution in [0.2, 0.25) is 5.02 Å². The average Bonchev–Trinajstić information content (AvgIpc) is 3.31. The lowest BCUT2D eigenvalue weighted by Crippen LogP contribution is -2.35. The predicted molar refractivity (Wildman–Crippen MR) is 118 cm³/mol. The summed E-state index contributed by atoms with van der Waals surface area (Å²) in [5.41, 5.74) is 1.08. The van der Waals surface area contributed by atoms with Crippen molar-refractivity contribution in [1.29, 1.82) is 0 Å². The lowest BCUT2D eigenvalue weighted by atomic mass is 10.1. The Morgan fingerprint density at radius 1 is 1.19 bits per heavy atom. The first-order chi connectivity index (χ1) is 14.8. The molecule has 0 aliphatic rings. The number of hydrogen-bond donors (Lipinski definition) is 1. The maximum atomic E-state index is 13.3. The quantitative estimate of drug-likeness (QED) is 0.452. The van der Waals surface area contributed by atoms with E-state index in [-0.39, 0.29) is 10.7 Å². The molecule has 1 N–H and O–H groups in total. The Balaban J connectivity index is 1.58. The second-order valence-corrected chi connectivity index (χ2v) is 9.99. The summed E-state index contributed by atoms with van der Waals surface area (Å²) in [5, 5.41) is 4.96. The van der Waals surface area contributed by atoms with Gasteiger partial charge in [-0.25, -0.2) is 17.8 Å². The molecule has 0 saturated heterocycles. The monoisotopic (exact) mass is 478 g/mol. The summed E-state index contributed by atoms with van der Waals surface area (Å²) in [6, 6.07) is 11.4. The molecule has 0 saturated carbocycles. The number of nitrogens with zero attached hydrogens (tertiary/aromatic N) is 3. The lowest BCUT2D eigenvalue weighted by molar-refractivity contribution is -0.116. The predicted octanol–water partition coefficient (Wildman–Crippen LogP) is 4.11. The van der Waals surface area contributed by atoms with Crippen LogP contribution in [0.1, 0.15) is 0 Å². The number of carbonyl (C=O) groups excluding carboxylic acids is 1. The van der Waals surface area contributed by atoms with Gasteiger partial charge in [0.25, 0.3) is 0 Å². The van der Waals surface area contributed by atoms with Gasteiger partial charge >= 0.3 is 0 Å². The number of thiazole rings is 1. The Morgan fingerprint density at radius 2 is 1.87 bits per heavy atom. The second kappa shape index (κ2) is 8.39. The molecule has 0 spiro atoms. The van der Waals surface area contributed by atoms with E-state index in [9.17, 15) is 17.6 Å². The van der Waals surface area contributed by atoms with Gasteiger partial charge in [0.1, 0.15) is 17.3 Å². The maximum absolute atomic E-state index is 13.3. The van der Waals surface area contributed by atoms with Gasteiger partial charge in [0.15, 0.2) is 4.96 Å². The van der Waals surface area contributed by atoms with Gasteiger partial charge in [0.2, 0.25) is 15.9 Å². The largest absolute Gasteiger partial charge is 0.309 e. The Kier molecular flexibility index (Phi) is 5.80. The first-order valence-electron chi connectivity index (χ1n) is 8.99. The summed E-state index contributed by atoms with van der Waals surface area (Å²) >= 11 is 7.19. The van der Waals surface area contributed by atoms with Crippen molar-refractivity contribution in [3.05, 3.63) is 70.9 Å². The summed E-state index contributed by atoms with van der Waals surface area (Å²) in [6.45, 7) is -0.412. The van der Waals surface area contributed by atoms with Gasteiger partial charge in [-0.3, -0.25) is 9.20 Å². The van der Waals surface area contributed by atoms with E-state index >= 15 is 0 Å². The summed E-state index contributed by atoms with van der Waals surface area (Å²) in [6.07, 6.45) is 1.74. The van der Waals surface area contributed by atoms with Gasteiger partial charge in [-0.05, 0) is 48.5 Å². The number of aromatic nitrogens is 2. The van der Waals surface area contributed by atoms with Crippen molar-refractivity contribution in [3.8, 4) is 11.3 Å². The molecule has 2 aromatic carbocycles. The minimum absolute atomic E-state index is 0.0313. The normalized spacial score (nSPS) is 11.9. The fourth-order valence-electron chi connectivity index (χ4n) is 2.96. The number of benzene rings is 2. The van der Waals surface area contributed by atoms with Crippen LogP contribution in [0.25, 0.3) is 16.2 Å². The zero-order chi connectivity index (χ0) is 22.2. The van der Waals surface area contributed by atoms with E-state index in [2.05, 4.69) is 10.3 Å². The number of halogens is 2. The van der Waals surface area contributed by atoms with Crippen molar-refractivity contribution in [2.75, 3.05) is 18.9 Å². The highest BCUT2D eigenvalue weighted by atomic mass is 35.5. The summed E-state index contributed by atoms with van der Waals surface area (Å²) < 4.78 is 41.4. The van der Waals surface area contributed by atoms with Crippen molar-refractivity contribution < 1.29 is 17.6 Å². The molecule has 0 radical (unpaired) electrons. The molecule has 4 aromatic rings. The van der Waals surface area contributed by atoms with Crippen LogP contribution in [0, 0.1) is 5.82 Å². The van der Waals surface area contributed by atoms with E-state index in [0.717, 1.165) is 4.31 Å². The summed E-state index contributed by atoms with van der Waals surface area (Å²) in [5.74, 6) is -0.550. The highest BCUT2D eigenvalue weighted by Crippen LogP contribution is 2.31. The first-order valence-corrected chi connectivity index (χ1v) is 11.7. The van der Waals surface area contributed by atoms with Crippen LogP contribution in [-0.2, 0) is 14.8 Å². The molecule has 11 heteroatoms. The van der Waals surface area contributed by atoms with Crippen LogP contribution in [-0.4, -0.2) is 41.6 Å². The Labute approximate surface area is 186 Å². The molecule has 0 unspecified atom stereocenters. The van der Waals surface area contributed by atoms with E-state index in [1.165, 1.54) is 54.8 Å². The lowest BCUT2D eigenvalue weighted by Gasteiger charge is -2.17. The van der Waals surface area contributed by atoms with Crippen molar-refractivity contribution >= 4 is 49.6 Å². The fraction of sp³-hybridized carbons (Fsp3) is 0.100. The zero-order valence-electron chi connectivity index (χ0n) is 16.1. The van der Waals surface area contributed by atoms with Crippen molar-refractivity contribution in [3.63, 3.8) is 0 Å². The minimum Gasteiger partial charge on any atom is -0.309 e. The Bertz CT molecular complexity index is 1350. The SMILES string of the molecule is CN(CC(=O)Nc1c(-c2ccc(F)cc2)nc2sccn12)S(=O)(=O)c1ccc(Cl)cc1. The van der Waals surface area contributed by atoms with E-state index in [1.807, 2.05) is 5.38 Å². The Hall–Kier alpha value is -2.79. The molecule has 31 heavy (non-hydrogen) atoms. The highest BCUT2D eigenvalue weighted by Gasteiger charge is 2.24. The molecule has 4 rings (SSSR count). The number of amides is 1. The van der Waals surface area contributed by atoms with Gasteiger partial charge in [0, 0.05) is 29.2 Å². The number of sulfonamides is 1. The number of imidazole rings is 1. The van der Waals surface area contributed by atoms with Crippen LogP contribution in [0.3, 0.4) is 0 Å². The summed E-state index contributed by atoms with van der Waals surface area (Å²) in [7, 11) is -2.56. The van der Waals surface area contributed by atoms with Crippen molar-refractivity contribution in [1.82, 2.24) is 13.7 Å². The third-order valence-electron chi connectivity index (χ3n) is 4.53. The molecule has 1 amide bonds. The number of carbonyl (C=O) groups is 1. The topological polar surface area (TPSA) is 83.8 Å². The van der Waals surface area contributed by atoms with Crippen molar-refractivity contribution in [2.45, 2.75) is 4.90 Å². The van der Waals surface area contributed by atoms with Crippen LogP contribution >= 0.6 is 22.9 Å². The molecule has 0 atom stereocenters. The molecule has 0 aliphatic carbocycles. The molecule has 2 aromatic heterocycles. The van der Waals surface area contributed by atoms with E-state index < -0.39 is 22.5 Å². The highest BCUT2D eigenvalue weighted by molar-refractivity contribution is 7.89. The smallest absolute Gasteiger partial charge is 0.243 e. The number of fused-ring (bicyclic) bond motifs is 1. The number of hydrogen-bond acceptors (Lipinski definition) is 5. The third-order valence-corrected chi connectivity index (χ3v) is 7.35. The molecule has 160 valence electrons. The van der Waals surface area contributed by atoms with Crippen LogP contribution in [0.4, 0.5) is 10.2 Å². The van der Waals surface area contributed by atoms with E-state index in [0.29, 0.717) is 27.1 Å². The van der Waals surface area contributed by atoms with Gasteiger partial charge in [-0.15, -0.1) is 11.3 Å². The molecular weight excluding hydrogens is 463 g/mol. The van der Waals surface area contributed by atoms with Gasteiger partial charge in [-0.2, -0.15) is 4.31 Å². The van der Waals surface area contributed by atoms with Crippen molar-refractivity contribution in [2.24, 2.45) is 0 Å².